The molecule has 0 bridgehead atoms. The number of aromatic nitrogens is 2. The molecule has 0 radical (unpaired) electrons. The number of rotatable bonds is 2. The van der Waals surface area contributed by atoms with Crippen LogP contribution >= 0.6 is 0 Å². The van der Waals surface area contributed by atoms with Crippen LogP contribution < -0.4 is 4.68 Å². The van der Waals surface area contributed by atoms with Crippen molar-refractivity contribution in [3.05, 3.63) is 52.8 Å². The Morgan fingerprint density at radius 2 is 2.00 bits per heavy atom. The van der Waals surface area contributed by atoms with Crippen molar-refractivity contribution in [2.45, 2.75) is 0 Å². The van der Waals surface area contributed by atoms with E-state index in [0.717, 1.165) is 5.69 Å². The zero-order chi connectivity index (χ0) is 9.97. The molecule has 1 N–H and O–H groups in total. The summed E-state index contributed by atoms with van der Waals surface area (Å²) in [5.41, 5.74) is 0.960. The van der Waals surface area contributed by atoms with E-state index >= 15 is 0 Å². The summed E-state index contributed by atoms with van der Waals surface area (Å²) in [6, 6.07) is 8.18. The maximum absolute atomic E-state index is 10.4. The molecule has 0 saturated carbocycles. The average Bonchev–Trinajstić information content (AvgIpc) is 2.71. The first-order valence-corrected chi connectivity index (χ1v) is 4.07. The summed E-state index contributed by atoms with van der Waals surface area (Å²) < 4.78 is 1.77. The molecule has 14 heavy (non-hydrogen) atoms. The quantitative estimate of drug-likeness (QED) is 0.439. The van der Waals surface area contributed by atoms with Crippen LogP contribution in [0.15, 0.2) is 42.7 Å². The summed E-state index contributed by atoms with van der Waals surface area (Å²) in [4.78, 5) is 9.98. The van der Waals surface area contributed by atoms with Gasteiger partial charge in [-0.15, -0.1) is 0 Å². The minimum Gasteiger partial charge on any atom is -0.258 e. The molecule has 5 nitrogen and oxygen atoms in total. The molecule has 2 aromatic rings. The Balaban J connectivity index is 2.36. The lowest BCUT2D eigenvalue weighted by Gasteiger charge is -1.91. The average molecular weight is 190 g/mol. The van der Waals surface area contributed by atoms with Crippen LogP contribution in [0, 0.1) is 10.1 Å². The van der Waals surface area contributed by atoms with Crippen molar-refractivity contribution in [3.63, 3.8) is 0 Å². The lowest BCUT2D eigenvalue weighted by molar-refractivity contribution is -0.655. The minimum absolute atomic E-state index is 0.0981. The number of benzene rings is 1. The maximum Gasteiger partial charge on any atom is 0.269 e. The number of hydrogen-bond acceptors (Lipinski definition) is 2. The third-order valence-corrected chi connectivity index (χ3v) is 1.88. The van der Waals surface area contributed by atoms with E-state index in [-0.39, 0.29) is 5.69 Å². The van der Waals surface area contributed by atoms with Gasteiger partial charge in [-0.25, -0.2) is 0 Å². The highest BCUT2D eigenvalue weighted by Gasteiger charge is 2.09. The zero-order valence-electron chi connectivity index (χ0n) is 7.25. The van der Waals surface area contributed by atoms with Crippen LogP contribution in [0.5, 0.6) is 0 Å². The topological polar surface area (TPSA) is 62.8 Å². The second kappa shape index (κ2) is 3.29. The number of nitrogens with zero attached hydrogens (tertiary/aromatic N) is 2. The van der Waals surface area contributed by atoms with Crippen LogP contribution in [0.4, 0.5) is 5.69 Å². The number of aromatic amines is 1. The number of nitro benzene ring substituents is 1. The van der Waals surface area contributed by atoms with Crippen molar-refractivity contribution in [1.82, 2.24) is 5.10 Å². The van der Waals surface area contributed by atoms with Gasteiger partial charge in [0.25, 0.3) is 5.69 Å². The molecule has 1 aromatic heterocycles. The predicted octanol–water partition coefficient (Wildman–Crippen LogP) is 1.20. The molecular formula is C9H8N3O2+. The molecule has 0 atom stereocenters. The van der Waals surface area contributed by atoms with Crippen molar-refractivity contribution in [2.75, 3.05) is 0 Å². The third-order valence-electron chi connectivity index (χ3n) is 1.88. The van der Waals surface area contributed by atoms with Gasteiger partial charge in [0.15, 0.2) is 0 Å². The van der Waals surface area contributed by atoms with E-state index < -0.39 is 4.92 Å². The summed E-state index contributed by atoms with van der Waals surface area (Å²) in [7, 11) is 0. The van der Waals surface area contributed by atoms with E-state index in [2.05, 4.69) is 5.10 Å². The van der Waals surface area contributed by atoms with Crippen LogP contribution in [0.25, 0.3) is 5.69 Å². The largest absolute Gasteiger partial charge is 0.269 e. The van der Waals surface area contributed by atoms with Gasteiger partial charge < -0.3 is 0 Å². The van der Waals surface area contributed by atoms with Crippen LogP contribution in [0.2, 0.25) is 0 Å². The number of non-ortho nitro benzene ring substituents is 1. The van der Waals surface area contributed by atoms with Crippen molar-refractivity contribution < 1.29 is 9.61 Å². The van der Waals surface area contributed by atoms with Crippen LogP contribution in [-0.4, -0.2) is 10.0 Å². The van der Waals surface area contributed by atoms with Gasteiger partial charge >= 0.3 is 0 Å². The SMILES string of the molecule is O=[N+]([O-])c1ccc(-[n+]2ccc[nH]2)cc1. The standard InChI is InChI=1S/C9H7N3O2/c13-12(14)9-4-2-8(3-5-9)11-7-1-6-10-11/h1-7H/p+1. The lowest BCUT2D eigenvalue weighted by atomic mass is 10.3. The van der Waals surface area contributed by atoms with Gasteiger partial charge in [0, 0.05) is 30.3 Å². The van der Waals surface area contributed by atoms with E-state index in [0.29, 0.717) is 0 Å². The molecule has 0 fully saturated rings. The van der Waals surface area contributed by atoms with Crippen molar-refractivity contribution in [2.24, 2.45) is 0 Å². The highest BCUT2D eigenvalue weighted by molar-refractivity contribution is 5.35. The molecule has 1 heterocycles. The van der Waals surface area contributed by atoms with Gasteiger partial charge in [0.2, 0.25) is 11.9 Å². The zero-order valence-corrected chi connectivity index (χ0v) is 7.25. The number of nitrogens with one attached hydrogen (secondary N) is 1. The van der Waals surface area contributed by atoms with Crippen molar-refractivity contribution in [1.29, 1.82) is 0 Å². The summed E-state index contributed by atoms with van der Waals surface area (Å²) in [6.07, 6.45) is 3.61. The Labute approximate surface area is 79.7 Å². The molecular weight excluding hydrogens is 182 g/mol. The summed E-state index contributed by atoms with van der Waals surface area (Å²) >= 11 is 0. The third kappa shape index (κ3) is 1.47. The molecule has 1 aromatic carbocycles. The van der Waals surface area contributed by atoms with Gasteiger partial charge in [0.1, 0.15) is 0 Å². The first-order chi connectivity index (χ1) is 6.77. The normalized spacial score (nSPS) is 10.0. The number of hydrogen-bond donors (Lipinski definition) is 1. The van der Waals surface area contributed by atoms with Crippen LogP contribution in [-0.2, 0) is 0 Å². The van der Waals surface area contributed by atoms with E-state index in [9.17, 15) is 10.1 Å². The molecule has 70 valence electrons. The second-order valence-electron chi connectivity index (χ2n) is 2.78. The fourth-order valence-corrected chi connectivity index (χ4v) is 1.19. The second-order valence-corrected chi connectivity index (χ2v) is 2.78. The van der Waals surface area contributed by atoms with Gasteiger partial charge in [-0.1, -0.05) is 4.68 Å². The Morgan fingerprint density at radius 1 is 1.29 bits per heavy atom. The van der Waals surface area contributed by atoms with Gasteiger partial charge in [-0.05, 0) is 0 Å². The maximum atomic E-state index is 10.4. The first-order valence-electron chi connectivity index (χ1n) is 4.07. The molecule has 0 aliphatic carbocycles. The smallest absolute Gasteiger partial charge is 0.258 e. The molecule has 0 spiro atoms. The molecule has 0 amide bonds. The van der Waals surface area contributed by atoms with Gasteiger partial charge in [0.05, 0.1) is 11.1 Å². The Bertz CT molecular complexity index is 434. The molecule has 0 saturated heterocycles. The first kappa shape index (κ1) is 8.43. The monoisotopic (exact) mass is 190 g/mol. The number of H-pyrrole nitrogens is 1. The summed E-state index contributed by atoms with van der Waals surface area (Å²) in [5.74, 6) is 0. The Hall–Kier alpha value is -2.17. The number of nitro groups is 1. The summed E-state index contributed by atoms with van der Waals surface area (Å²) in [6.45, 7) is 0. The van der Waals surface area contributed by atoms with Crippen molar-refractivity contribution in [3.8, 4) is 5.69 Å². The molecule has 0 aliphatic heterocycles. The predicted molar refractivity (Wildman–Crippen MR) is 49.0 cm³/mol. The molecule has 2 rings (SSSR count). The Morgan fingerprint density at radius 3 is 2.50 bits per heavy atom. The minimum atomic E-state index is -0.414. The molecule has 5 heteroatoms. The van der Waals surface area contributed by atoms with E-state index in [1.165, 1.54) is 12.1 Å². The van der Waals surface area contributed by atoms with E-state index in [4.69, 9.17) is 0 Å². The fourth-order valence-electron chi connectivity index (χ4n) is 1.19. The summed E-state index contributed by atoms with van der Waals surface area (Å²) in [5, 5.41) is 13.3. The lowest BCUT2D eigenvalue weighted by Crippen LogP contribution is -2.30. The fraction of sp³-hybridized carbons (Fsp3) is 0. The van der Waals surface area contributed by atoms with Gasteiger partial charge in [-0.3, -0.25) is 10.1 Å². The van der Waals surface area contributed by atoms with Gasteiger partial charge in [-0.2, -0.15) is 5.10 Å². The Kier molecular flexibility index (Phi) is 1.98. The van der Waals surface area contributed by atoms with Crippen molar-refractivity contribution >= 4 is 5.69 Å². The molecule has 0 aliphatic rings. The highest BCUT2D eigenvalue weighted by Crippen LogP contribution is 2.11. The van der Waals surface area contributed by atoms with E-state index in [1.54, 1.807) is 23.0 Å². The van der Waals surface area contributed by atoms with Crippen LogP contribution in [0.3, 0.4) is 0 Å². The van der Waals surface area contributed by atoms with Crippen LogP contribution in [0.1, 0.15) is 0 Å². The highest BCUT2D eigenvalue weighted by atomic mass is 16.6. The van der Waals surface area contributed by atoms with E-state index in [1.807, 2.05) is 12.3 Å². The molecule has 0 unspecified atom stereocenters.